The van der Waals surface area contributed by atoms with Crippen molar-refractivity contribution in [2.45, 2.75) is 18.6 Å². The van der Waals surface area contributed by atoms with Crippen molar-refractivity contribution < 1.29 is 24.9 Å². The number of halogens is 2. The van der Waals surface area contributed by atoms with Gasteiger partial charge in [0.15, 0.2) is 0 Å². The number of carboxylic acid groups (broad SMARTS) is 1. The van der Waals surface area contributed by atoms with Gasteiger partial charge in [-0.15, -0.1) is 0 Å². The number of amides is 1. The molecule has 1 aromatic carbocycles. The van der Waals surface area contributed by atoms with Crippen molar-refractivity contribution >= 4 is 57.1 Å². The summed E-state index contributed by atoms with van der Waals surface area (Å²) in [4.78, 5) is 24.7. The first-order valence-corrected chi connectivity index (χ1v) is 7.87. The van der Waals surface area contributed by atoms with Gasteiger partial charge in [0, 0.05) is 16.5 Å². The molecule has 1 amide bonds. The Balaban J connectivity index is 2.38. The Morgan fingerprint density at radius 1 is 1.30 bits per heavy atom. The number of rotatable bonds is 2. The first kappa shape index (κ1) is 15.8. The molecule has 0 aliphatic carbocycles. The monoisotopic (exact) mass is 503 g/mol. The maximum Gasteiger partial charge on any atom is 0.326 e. The number of carboxylic acids is 1. The molecular formula is C12H11I2NO5. The topological polar surface area (TPSA) is 98.1 Å². The number of benzene rings is 1. The minimum absolute atomic E-state index is 0.00283. The van der Waals surface area contributed by atoms with Crippen molar-refractivity contribution in [3.63, 3.8) is 0 Å². The van der Waals surface area contributed by atoms with Gasteiger partial charge in [0.2, 0.25) is 0 Å². The SMILES string of the molecule is O=C(O)[C@@H]1C[C@H](O)CN1C(=O)c1cc(I)cc(I)c1O. The van der Waals surface area contributed by atoms with Gasteiger partial charge >= 0.3 is 5.97 Å². The molecule has 2 rings (SSSR count). The van der Waals surface area contributed by atoms with Crippen molar-refractivity contribution in [3.05, 3.63) is 24.8 Å². The second-order valence-electron chi connectivity index (χ2n) is 4.48. The van der Waals surface area contributed by atoms with Crippen LogP contribution < -0.4 is 0 Å². The molecule has 20 heavy (non-hydrogen) atoms. The van der Waals surface area contributed by atoms with Crippen LogP contribution in [0.5, 0.6) is 5.75 Å². The minimum atomic E-state index is -1.16. The number of phenolic OH excluding ortho intramolecular Hbond substituents is 1. The lowest BCUT2D eigenvalue weighted by molar-refractivity contribution is -0.141. The van der Waals surface area contributed by atoms with Gasteiger partial charge in [-0.1, -0.05) is 0 Å². The van der Waals surface area contributed by atoms with Crippen LogP contribution in [0.3, 0.4) is 0 Å². The highest BCUT2D eigenvalue weighted by molar-refractivity contribution is 14.1. The number of aliphatic hydroxyl groups is 1. The summed E-state index contributed by atoms with van der Waals surface area (Å²) in [6, 6.07) is 2.15. The Labute approximate surface area is 142 Å². The average Bonchev–Trinajstić information content (AvgIpc) is 2.75. The van der Waals surface area contributed by atoms with Crippen LogP contribution in [0.4, 0.5) is 0 Å². The van der Waals surface area contributed by atoms with E-state index in [9.17, 15) is 19.8 Å². The van der Waals surface area contributed by atoms with Gasteiger partial charge in [0.25, 0.3) is 5.91 Å². The molecule has 0 spiro atoms. The molecule has 6 nitrogen and oxygen atoms in total. The molecule has 8 heteroatoms. The third-order valence-electron chi connectivity index (χ3n) is 3.08. The standard InChI is InChI=1S/C12H11I2NO5/c13-5-1-7(10(17)8(14)2-5)11(18)15-4-6(16)3-9(15)12(19)20/h1-2,6,9,16-17H,3-4H2,(H,19,20)/t6-,9-/m0/s1. The lowest BCUT2D eigenvalue weighted by Gasteiger charge is -2.22. The van der Waals surface area contributed by atoms with Crippen LogP contribution in [0.2, 0.25) is 0 Å². The van der Waals surface area contributed by atoms with Gasteiger partial charge < -0.3 is 20.2 Å². The molecule has 1 saturated heterocycles. The van der Waals surface area contributed by atoms with E-state index in [1.807, 2.05) is 45.2 Å². The van der Waals surface area contributed by atoms with Crippen LogP contribution in [0.15, 0.2) is 12.1 Å². The Morgan fingerprint density at radius 2 is 1.95 bits per heavy atom. The van der Waals surface area contributed by atoms with E-state index in [1.165, 1.54) is 6.07 Å². The minimum Gasteiger partial charge on any atom is -0.506 e. The number of phenols is 1. The zero-order valence-corrected chi connectivity index (χ0v) is 14.4. The number of carbonyl (C=O) groups is 2. The molecule has 1 aliphatic rings. The molecule has 3 N–H and O–H groups in total. The van der Waals surface area contributed by atoms with Crippen molar-refractivity contribution in [2.75, 3.05) is 6.54 Å². The van der Waals surface area contributed by atoms with Crippen LogP contribution in [-0.4, -0.2) is 50.8 Å². The Morgan fingerprint density at radius 3 is 2.55 bits per heavy atom. The van der Waals surface area contributed by atoms with E-state index in [-0.39, 0.29) is 24.3 Å². The van der Waals surface area contributed by atoms with Crippen molar-refractivity contribution in [1.29, 1.82) is 0 Å². The fourth-order valence-electron chi connectivity index (χ4n) is 2.16. The molecule has 0 aromatic heterocycles. The average molecular weight is 503 g/mol. The number of aliphatic hydroxyl groups excluding tert-OH is 1. The molecule has 0 unspecified atom stereocenters. The summed E-state index contributed by atoms with van der Waals surface area (Å²) in [7, 11) is 0. The lowest BCUT2D eigenvalue weighted by atomic mass is 10.1. The quantitative estimate of drug-likeness (QED) is 0.529. The summed E-state index contributed by atoms with van der Waals surface area (Å²) >= 11 is 3.92. The third kappa shape index (κ3) is 3.01. The van der Waals surface area contributed by atoms with Crippen LogP contribution in [-0.2, 0) is 4.79 Å². The van der Waals surface area contributed by atoms with Crippen molar-refractivity contribution in [3.8, 4) is 5.75 Å². The zero-order valence-electron chi connectivity index (χ0n) is 10.1. The van der Waals surface area contributed by atoms with Crippen molar-refractivity contribution in [1.82, 2.24) is 4.90 Å². The summed E-state index contributed by atoms with van der Waals surface area (Å²) < 4.78 is 1.28. The number of aliphatic carboxylic acids is 1. The molecule has 1 heterocycles. The number of hydrogen-bond donors (Lipinski definition) is 3. The third-order valence-corrected chi connectivity index (χ3v) is 4.53. The summed E-state index contributed by atoms with van der Waals surface area (Å²) in [5, 5.41) is 28.7. The summed E-state index contributed by atoms with van der Waals surface area (Å²) in [6.45, 7) is -0.0444. The fourth-order valence-corrected chi connectivity index (χ4v) is 4.00. The van der Waals surface area contributed by atoms with E-state index in [0.29, 0.717) is 3.57 Å². The number of carbonyl (C=O) groups excluding carboxylic acids is 1. The van der Waals surface area contributed by atoms with E-state index in [0.717, 1.165) is 8.47 Å². The summed E-state index contributed by atoms with van der Waals surface area (Å²) in [5.74, 6) is -1.90. The van der Waals surface area contributed by atoms with Crippen LogP contribution in [0, 0.1) is 7.14 Å². The van der Waals surface area contributed by atoms with E-state index in [2.05, 4.69) is 0 Å². The zero-order chi connectivity index (χ0) is 15.0. The van der Waals surface area contributed by atoms with E-state index < -0.39 is 24.0 Å². The highest BCUT2D eigenvalue weighted by atomic mass is 127. The van der Waals surface area contributed by atoms with Crippen LogP contribution in [0.1, 0.15) is 16.8 Å². The maximum absolute atomic E-state index is 12.4. The molecule has 108 valence electrons. The number of hydrogen-bond acceptors (Lipinski definition) is 4. The predicted octanol–water partition coefficient (Wildman–Crippen LogP) is 1.26. The first-order chi connectivity index (χ1) is 9.31. The van der Waals surface area contributed by atoms with Gasteiger partial charge in [0.05, 0.1) is 15.2 Å². The highest BCUT2D eigenvalue weighted by Crippen LogP contribution is 2.30. The van der Waals surface area contributed by atoms with Crippen molar-refractivity contribution in [2.24, 2.45) is 0 Å². The van der Waals surface area contributed by atoms with E-state index in [1.54, 1.807) is 6.07 Å². The number of likely N-dealkylation sites (tertiary alicyclic amines) is 1. The molecule has 1 fully saturated rings. The molecule has 0 bridgehead atoms. The van der Waals surface area contributed by atoms with Gasteiger partial charge in [-0.05, 0) is 57.3 Å². The van der Waals surface area contributed by atoms with Crippen LogP contribution in [0.25, 0.3) is 0 Å². The van der Waals surface area contributed by atoms with E-state index >= 15 is 0 Å². The molecular weight excluding hydrogens is 492 g/mol. The second-order valence-corrected chi connectivity index (χ2v) is 6.89. The Hall–Kier alpha value is -0.620. The van der Waals surface area contributed by atoms with Gasteiger partial charge in [0.1, 0.15) is 11.8 Å². The first-order valence-electron chi connectivity index (χ1n) is 5.71. The van der Waals surface area contributed by atoms with E-state index in [4.69, 9.17) is 5.11 Å². The molecule has 0 radical (unpaired) electrons. The largest absolute Gasteiger partial charge is 0.506 e. The van der Waals surface area contributed by atoms with Gasteiger partial charge in [-0.2, -0.15) is 0 Å². The van der Waals surface area contributed by atoms with Crippen LogP contribution >= 0.6 is 45.2 Å². The second kappa shape index (κ2) is 6.02. The maximum atomic E-state index is 12.4. The molecule has 0 saturated carbocycles. The Kier molecular flexibility index (Phi) is 4.74. The summed E-state index contributed by atoms with van der Waals surface area (Å²) in [6.07, 6.45) is -0.855. The normalized spacial score (nSPS) is 22.1. The highest BCUT2D eigenvalue weighted by Gasteiger charge is 2.40. The number of nitrogens with zero attached hydrogens (tertiary/aromatic N) is 1. The number of β-amino-alcohol motifs (C(OH)–C–C–N with tert-alkyl or cyclic N) is 1. The Bertz CT molecular complexity index is 577. The lowest BCUT2D eigenvalue weighted by Crippen LogP contribution is -2.40. The van der Waals surface area contributed by atoms with Gasteiger partial charge in [-0.25, -0.2) is 4.79 Å². The predicted molar refractivity (Wildman–Crippen MR) is 86.6 cm³/mol. The van der Waals surface area contributed by atoms with Gasteiger partial charge in [-0.3, -0.25) is 4.79 Å². The smallest absolute Gasteiger partial charge is 0.326 e. The molecule has 2 atom stereocenters. The molecule has 1 aliphatic heterocycles. The fraction of sp³-hybridized carbons (Fsp3) is 0.333. The molecule has 1 aromatic rings. The number of aromatic hydroxyl groups is 1. The summed E-state index contributed by atoms with van der Waals surface area (Å²) in [5.41, 5.74) is 0.0571.